The molecule has 4 heterocycles. The van der Waals surface area contributed by atoms with Crippen LogP contribution in [0.15, 0.2) is 67.0 Å². The molecule has 0 amide bonds. The van der Waals surface area contributed by atoms with Gasteiger partial charge in [0.05, 0.1) is 10.2 Å². The van der Waals surface area contributed by atoms with Gasteiger partial charge in [-0.05, 0) is 48.6 Å². The highest BCUT2D eigenvalue weighted by Gasteiger charge is 2.28. The van der Waals surface area contributed by atoms with Gasteiger partial charge in [-0.15, -0.1) is 22.7 Å². The number of nitrogens with one attached hydrogen (secondary N) is 1. The van der Waals surface area contributed by atoms with Crippen LogP contribution < -0.4 is 11.1 Å². The van der Waals surface area contributed by atoms with E-state index in [2.05, 4.69) is 74.4 Å². The van der Waals surface area contributed by atoms with Gasteiger partial charge in [0.15, 0.2) is 5.82 Å². The van der Waals surface area contributed by atoms with E-state index in [1.54, 1.807) is 23.7 Å². The summed E-state index contributed by atoms with van der Waals surface area (Å²) >= 11 is 3.60. The Labute approximate surface area is 220 Å². The highest BCUT2D eigenvalue weighted by Crippen LogP contribution is 2.47. The number of pyridine rings is 1. The van der Waals surface area contributed by atoms with Crippen LogP contribution in [0.5, 0.6) is 0 Å². The topological polar surface area (TPSA) is 76.7 Å². The van der Waals surface area contributed by atoms with Gasteiger partial charge < -0.3 is 11.1 Å². The van der Waals surface area contributed by atoms with Gasteiger partial charge >= 0.3 is 0 Å². The highest BCUT2D eigenvalue weighted by molar-refractivity contribution is 7.21. The van der Waals surface area contributed by atoms with Crippen molar-refractivity contribution in [3.63, 3.8) is 0 Å². The van der Waals surface area contributed by atoms with E-state index in [1.807, 2.05) is 29.5 Å². The van der Waals surface area contributed by atoms with Gasteiger partial charge in [0.25, 0.3) is 0 Å². The van der Waals surface area contributed by atoms with E-state index in [-0.39, 0.29) is 11.5 Å². The summed E-state index contributed by atoms with van der Waals surface area (Å²) in [7, 11) is 0. The smallest absolute Gasteiger partial charge is 0.162 e. The van der Waals surface area contributed by atoms with Gasteiger partial charge in [-0.2, -0.15) is 0 Å². The van der Waals surface area contributed by atoms with Crippen molar-refractivity contribution in [2.75, 3.05) is 11.9 Å². The third-order valence-corrected chi connectivity index (χ3v) is 8.64. The molecule has 0 aliphatic rings. The molecule has 184 valence electrons. The van der Waals surface area contributed by atoms with Crippen molar-refractivity contribution in [3.05, 3.63) is 82.3 Å². The lowest BCUT2D eigenvalue weighted by Gasteiger charge is -2.18. The molecule has 0 saturated carbocycles. The second-order valence-corrected chi connectivity index (χ2v) is 12.4. The van der Waals surface area contributed by atoms with Crippen LogP contribution in [-0.2, 0) is 11.8 Å². The van der Waals surface area contributed by atoms with E-state index in [0.29, 0.717) is 12.4 Å². The van der Waals surface area contributed by atoms with Gasteiger partial charge in [-0.3, -0.25) is 4.98 Å². The predicted molar refractivity (Wildman–Crippen MR) is 154 cm³/mol. The second kappa shape index (κ2) is 10.1. The number of hydrogen-bond donors (Lipinski definition) is 2. The second-order valence-electron chi connectivity index (χ2n) is 10.1. The molecule has 1 aromatic carbocycles. The van der Waals surface area contributed by atoms with Crippen molar-refractivity contribution < 1.29 is 0 Å². The Bertz CT molecular complexity index is 1470. The van der Waals surface area contributed by atoms with Crippen LogP contribution in [0.1, 0.15) is 36.1 Å². The molecule has 3 N–H and O–H groups in total. The number of fused-ring (bicyclic) bond motifs is 1. The van der Waals surface area contributed by atoms with E-state index in [9.17, 15) is 0 Å². The summed E-state index contributed by atoms with van der Waals surface area (Å²) in [5.74, 6) is 1.53. The molecule has 0 radical (unpaired) electrons. The molecule has 0 aliphatic carbocycles. The molecule has 36 heavy (non-hydrogen) atoms. The van der Waals surface area contributed by atoms with Gasteiger partial charge in [0, 0.05) is 50.7 Å². The van der Waals surface area contributed by atoms with Crippen LogP contribution in [0.4, 0.5) is 5.82 Å². The van der Waals surface area contributed by atoms with Crippen molar-refractivity contribution in [2.45, 2.75) is 45.6 Å². The third-order valence-electron chi connectivity index (χ3n) is 6.01. The summed E-state index contributed by atoms with van der Waals surface area (Å²) < 4.78 is 1.07. The molecule has 1 unspecified atom stereocenters. The zero-order valence-electron chi connectivity index (χ0n) is 21.1. The number of benzene rings is 1. The Morgan fingerprint density at radius 2 is 1.69 bits per heavy atom. The van der Waals surface area contributed by atoms with E-state index in [4.69, 9.17) is 15.7 Å². The fourth-order valence-electron chi connectivity index (χ4n) is 4.27. The largest absolute Gasteiger partial charge is 0.367 e. The normalized spacial score (nSPS) is 12.7. The number of nitrogens with zero attached hydrogens (tertiary/aromatic N) is 3. The Hall–Kier alpha value is -3.13. The molecule has 1 atom stereocenters. The Kier molecular flexibility index (Phi) is 6.88. The van der Waals surface area contributed by atoms with Crippen LogP contribution in [-0.4, -0.2) is 27.5 Å². The van der Waals surface area contributed by atoms with Crippen molar-refractivity contribution >= 4 is 38.7 Å². The van der Waals surface area contributed by atoms with Crippen LogP contribution in [0, 0.1) is 6.92 Å². The van der Waals surface area contributed by atoms with Crippen LogP contribution in [0.25, 0.3) is 32.0 Å². The maximum Gasteiger partial charge on any atom is 0.162 e. The summed E-state index contributed by atoms with van der Waals surface area (Å²) in [5.41, 5.74) is 10.9. The standard InChI is InChI=1S/C29H31N5S2/c1-18-10-11-22(35-18)23-24-25(36-26(23)29(2,3)4)28(34-27(33-24)20-12-14-31-15-13-20)32-17-21(30)16-19-8-6-5-7-9-19/h5-15,21H,16-17,30H2,1-4H3,(H,32,33,34). The number of aryl methyl sites for hydroxylation is 1. The number of nitrogens with two attached hydrogens (primary N) is 1. The summed E-state index contributed by atoms with van der Waals surface area (Å²) in [6.07, 6.45) is 4.36. The molecule has 7 heteroatoms. The first kappa shape index (κ1) is 24.6. The Morgan fingerprint density at radius 1 is 0.944 bits per heavy atom. The third kappa shape index (κ3) is 5.19. The summed E-state index contributed by atoms with van der Waals surface area (Å²) in [6, 6.07) is 18.6. The van der Waals surface area contributed by atoms with Crippen molar-refractivity contribution in [3.8, 4) is 21.8 Å². The van der Waals surface area contributed by atoms with Gasteiger partial charge in [-0.25, -0.2) is 9.97 Å². The van der Waals surface area contributed by atoms with Gasteiger partial charge in [0.1, 0.15) is 5.82 Å². The maximum atomic E-state index is 6.54. The molecular weight excluding hydrogens is 482 g/mol. The summed E-state index contributed by atoms with van der Waals surface area (Å²) in [4.78, 5) is 18.1. The minimum Gasteiger partial charge on any atom is -0.367 e. The number of anilines is 1. The van der Waals surface area contributed by atoms with Crippen molar-refractivity contribution in [1.82, 2.24) is 15.0 Å². The first-order valence-corrected chi connectivity index (χ1v) is 13.8. The fraction of sp³-hybridized carbons (Fsp3) is 0.276. The average molecular weight is 514 g/mol. The molecule has 0 aliphatic heterocycles. The van der Waals surface area contributed by atoms with Crippen molar-refractivity contribution in [1.29, 1.82) is 0 Å². The minimum atomic E-state index is -0.0387. The first-order valence-electron chi connectivity index (χ1n) is 12.1. The monoisotopic (exact) mass is 513 g/mol. The number of hydrogen-bond acceptors (Lipinski definition) is 7. The summed E-state index contributed by atoms with van der Waals surface area (Å²) in [6.45, 7) is 9.57. The lowest BCUT2D eigenvalue weighted by Crippen LogP contribution is -2.31. The van der Waals surface area contributed by atoms with Gasteiger partial charge in [-0.1, -0.05) is 51.1 Å². The highest BCUT2D eigenvalue weighted by atomic mass is 32.1. The zero-order chi connectivity index (χ0) is 25.3. The molecule has 0 fully saturated rings. The molecule has 5 nitrogen and oxygen atoms in total. The maximum absolute atomic E-state index is 6.54. The average Bonchev–Trinajstić information content (AvgIpc) is 3.47. The molecule has 0 spiro atoms. The molecular formula is C29H31N5S2. The van der Waals surface area contributed by atoms with E-state index in [0.717, 1.165) is 28.0 Å². The summed E-state index contributed by atoms with van der Waals surface area (Å²) in [5, 5.41) is 3.59. The van der Waals surface area contributed by atoms with Crippen LogP contribution in [0.3, 0.4) is 0 Å². The van der Waals surface area contributed by atoms with Crippen LogP contribution in [0.2, 0.25) is 0 Å². The number of aromatic nitrogens is 3. The van der Waals surface area contributed by atoms with Crippen molar-refractivity contribution in [2.24, 2.45) is 5.73 Å². The Morgan fingerprint density at radius 3 is 2.36 bits per heavy atom. The molecule has 0 saturated heterocycles. The number of thiophene rings is 2. The lowest BCUT2D eigenvalue weighted by atomic mass is 9.91. The number of rotatable bonds is 7. The zero-order valence-corrected chi connectivity index (χ0v) is 22.7. The van der Waals surface area contributed by atoms with Gasteiger partial charge in [0.2, 0.25) is 0 Å². The molecule has 0 bridgehead atoms. The minimum absolute atomic E-state index is 0.0313. The predicted octanol–water partition coefficient (Wildman–Crippen LogP) is 7.07. The Balaban J connectivity index is 1.62. The van der Waals surface area contributed by atoms with Crippen LogP contribution >= 0.6 is 22.7 Å². The van der Waals surface area contributed by atoms with E-state index >= 15 is 0 Å². The SMILES string of the molecule is Cc1ccc(-c2c(C(C)(C)C)sc3c(NCC(N)Cc4ccccc4)nc(-c4ccncc4)nc23)s1. The van der Waals surface area contributed by atoms with E-state index in [1.165, 1.54) is 25.8 Å². The van der Waals surface area contributed by atoms with E-state index < -0.39 is 0 Å². The molecule has 5 aromatic rings. The molecule has 4 aromatic heterocycles. The fourth-order valence-corrected chi connectivity index (χ4v) is 6.53. The first-order chi connectivity index (χ1) is 17.3. The lowest BCUT2D eigenvalue weighted by molar-refractivity contribution is 0.606. The molecule has 5 rings (SSSR count). The quantitative estimate of drug-likeness (QED) is 0.243.